The molecule has 2 aliphatic rings. The molecule has 0 saturated carbocycles. The predicted octanol–water partition coefficient (Wildman–Crippen LogP) is 3.15. The van der Waals surface area contributed by atoms with E-state index in [4.69, 9.17) is 0 Å². The monoisotopic (exact) mass is 379 g/mol. The van der Waals surface area contributed by atoms with Crippen LogP contribution in [-0.2, 0) is 0 Å². The molecule has 2 saturated heterocycles. The summed E-state index contributed by atoms with van der Waals surface area (Å²) in [7, 11) is 0. The fourth-order valence-corrected chi connectivity index (χ4v) is 4.19. The van der Waals surface area contributed by atoms with Crippen molar-refractivity contribution in [2.24, 2.45) is 5.92 Å². The third kappa shape index (κ3) is 4.81. The van der Waals surface area contributed by atoms with Gasteiger partial charge >= 0.3 is 6.03 Å². The maximum absolute atomic E-state index is 12.6. The maximum Gasteiger partial charge on any atom is 0.321 e. The number of amides is 2. The molecule has 2 amide bonds. The zero-order chi connectivity index (χ0) is 19.2. The van der Waals surface area contributed by atoms with Gasteiger partial charge in [-0.25, -0.2) is 9.78 Å². The van der Waals surface area contributed by atoms with Crippen molar-refractivity contribution in [1.82, 2.24) is 14.8 Å². The molecule has 28 heavy (non-hydrogen) atoms. The molecule has 1 aromatic carbocycles. The van der Waals surface area contributed by atoms with Crippen LogP contribution >= 0.6 is 0 Å². The van der Waals surface area contributed by atoms with E-state index in [-0.39, 0.29) is 6.03 Å². The third-order valence-corrected chi connectivity index (χ3v) is 5.69. The zero-order valence-corrected chi connectivity index (χ0v) is 16.3. The molecule has 0 radical (unpaired) electrons. The van der Waals surface area contributed by atoms with Crippen molar-refractivity contribution in [3.8, 4) is 0 Å². The molecule has 148 valence electrons. The Morgan fingerprint density at radius 2 is 1.79 bits per heavy atom. The van der Waals surface area contributed by atoms with Crippen LogP contribution in [0.25, 0.3) is 0 Å². The fraction of sp³-hybridized carbons (Fsp3) is 0.455. The number of pyridine rings is 1. The van der Waals surface area contributed by atoms with Crippen LogP contribution in [0.5, 0.6) is 0 Å². The Morgan fingerprint density at radius 3 is 2.54 bits per heavy atom. The highest BCUT2D eigenvalue weighted by Gasteiger charge is 2.27. The molecule has 4 rings (SSSR count). The quantitative estimate of drug-likeness (QED) is 0.887. The van der Waals surface area contributed by atoms with Crippen LogP contribution in [0.15, 0.2) is 54.7 Å². The van der Waals surface area contributed by atoms with Gasteiger partial charge in [-0.1, -0.05) is 24.3 Å². The standard InChI is InChI=1S/C22H29N5O/c28-22(24-20-8-2-1-3-9-20)27-12-6-7-19(18-27)17-25-13-15-26(16-14-25)21-10-4-5-11-23-21/h1-5,8-11,19H,6-7,12-18H2,(H,24,28)/t19-/m0/s1. The highest BCUT2D eigenvalue weighted by atomic mass is 16.2. The first-order valence-corrected chi connectivity index (χ1v) is 10.3. The molecule has 1 N–H and O–H groups in total. The first-order valence-electron chi connectivity index (χ1n) is 10.3. The molecule has 2 aliphatic heterocycles. The summed E-state index contributed by atoms with van der Waals surface area (Å²) in [5.41, 5.74) is 0.861. The number of hydrogen-bond donors (Lipinski definition) is 1. The molecule has 6 nitrogen and oxygen atoms in total. The Hall–Kier alpha value is -2.60. The summed E-state index contributed by atoms with van der Waals surface area (Å²) in [5.74, 6) is 1.63. The van der Waals surface area contributed by atoms with Gasteiger partial charge in [0.15, 0.2) is 0 Å². The molecule has 0 bridgehead atoms. The number of carbonyl (C=O) groups excluding carboxylic acids is 1. The Morgan fingerprint density at radius 1 is 1.00 bits per heavy atom. The van der Waals surface area contributed by atoms with Crippen LogP contribution in [0.4, 0.5) is 16.3 Å². The number of benzene rings is 1. The second-order valence-corrected chi connectivity index (χ2v) is 7.73. The van der Waals surface area contributed by atoms with E-state index >= 15 is 0 Å². The van der Waals surface area contributed by atoms with Crippen LogP contribution in [-0.4, -0.2) is 66.6 Å². The summed E-state index contributed by atoms with van der Waals surface area (Å²) in [6, 6.07) is 15.8. The molecule has 0 spiro atoms. The number of aromatic nitrogens is 1. The van der Waals surface area contributed by atoms with Gasteiger partial charge in [-0.2, -0.15) is 0 Å². The van der Waals surface area contributed by atoms with Crippen LogP contribution in [0, 0.1) is 5.92 Å². The molecule has 1 atom stereocenters. The van der Waals surface area contributed by atoms with Crippen LogP contribution in [0.1, 0.15) is 12.8 Å². The number of rotatable bonds is 4. The van der Waals surface area contributed by atoms with Crippen LogP contribution in [0.3, 0.4) is 0 Å². The zero-order valence-electron chi connectivity index (χ0n) is 16.3. The molecule has 2 fully saturated rings. The van der Waals surface area contributed by atoms with E-state index in [2.05, 4.69) is 26.2 Å². The highest BCUT2D eigenvalue weighted by molar-refractivity contribution is 5.89. The summed E-state index contributed by atoms with van der Waals surface area (Å²) < 4.78 is 0. The molecule has 6 heteroatoms. The van der Waals surface area contributed by atoms with Crippen LogP contribution in [0.2, 0.25) is 0 Å². The van der Waals surface area contributed by atoms with Crippen molar-refractivity contribution in [1.29, 1.82) is 0 Å². The number of likely N-dealkylation sites (tertiary alicyclic amines) is 1. The number of nitrogens with one attached hydrogen (secondary N) is 1. The first-order chi connectivity index (χ1) is 13.8. The molecular weight excluding hydrogens is 350 g/mol. The van der Waals surface area contributed by atoms with Crippen molar-refractivity contribution in [3.63, 3.8) is 0 Å². The summed E-state index contributed by atoms with van der Waals surface area (Å²) in [4.78, 5) is 23.9. The molecule has 0 unspecified atom stereocenters. The highest BCUT2D eigenvalue weighted by Crippen LogP contribution is 2.20. The Bertz CT molecular complexity index is 746. The van der Waals surface area contributed by atoms with E-state index in [1.807, 2.05) is 53.6 Å². The van der Waals surface area contributed by atoms with Gasteiger partial charge in [0.05, 0.1) is 0 Å². The maximum atomic E-state index is 12.6. The molecular formula is C22H29N5O. The van der Waals surface area contributed by atoms with E-state index in [0.29, 0.717) is 5.92 Å². The van der Waals surface area contributed by atoms with E-state index in [1.54, 1.807) is 0 Å². The van der Waals surface area contributed by atoms with Gasteiger partial charge in [-0.15, -0.1) is 0 Å². The lowest BCUT2D eigenvalue weighted by Crippen LogP contribution is -2.50. The number of carbonyl (C=O) groups is 1. The van der Waals surface area contributed by atoms with E-state index in [0.717, 1.165) is 63.7 Å². The van der Waals surface area contributed by atoms with Gasteiger partial charge in [0.25, 0.3) is 0 Å². The topological polar surface area (TPSA) is 51.7 Å². The minimum Gasteiger partial charge on any atom is -0.354 e. The van der Waals surface area contributed by atoms with Crippen molar-refractivity contribution in [2.45, 2.75) is 12.8 Å². The van der Waals surface area contributed by atoms with Gasteiger partial charge in [-0.05, 0) is 43.0 Å². The Labute approximate surface area is 167 Å². The normalized spacial score (nSPS) is 20.8. The second-order valence-electron chi connectivity index (χ2n) is 7.73. The summed E-state index contributed by atoms with van der Waals surface area (Å²) in [6.07, 6.45) is 4.15. The van der Waals surface area contributed by atoms with Crippen LogP contribution < -0.4 is 10.2 Å². The van der Waals surface area contributed by atoms with Gasteiger partial charge in [0.2, 0.25) is 0 Å². The average molecular weight is 380 g/mol. The lowest BCUT2D eigenvalue weighted by Gasteiger charge is -2.39. The largest absolute Gasteiger partial charge is 0.354 e. The van der Waals surface area contributed by atoms with Gasteiger partial charge in [0, 0.05) is 57.7 Å². The molecule has 3 heterocycles. The smallest absolute Gasteiger partial charge is 0.321 e. The number of para-hydroxylation sites is 1. The second kappa shape index (κ2) is 9.06. The van der Waals surface area contributed by atoms with E-state index < -0.39 is 0 Å². The van der Waals surface area contributed by atoms with Gasteiger partial charge in [-0.3, -0.25) is 4.90 Å². The van der Waals surface area contributed by atoms with E-state index in [1.165, 1.54) is 6.42 Å². The van der Waals surface area contributed by atoms with E-state index in [9.17, 15) is 4.79 Å². The van der Waals surface area contributed by atoms with Crippen molar-refractivity contribution in [2.75, 3.05) is 56.0 Å². The summed E-state index contributed by atoms with van der Waals surface area (Å²) >= 11 is 0. The van der Waals surface area contributed by atoms with Crippen molar-refractivity contribution >= 4 is 17.5 Å². The minimum absolute atomic E-state index is 0.0240. The average Bonchev–Trinajstić information content (AvgIpc) is 2.76. The van der Waals surface area contributed by atoms with Crippen molar-refractivity contribution < 1.29 is 4.79 Å². The number of piperidine rings is 1. The Balaban J connectivity index is 1.25. The molecule has 2 aromatic rings. The third-order valence-electron chi connectivity index (χ3n) is 5.69. The van der Waals surface area contributed by atoms with Gasteiger partial charge < -0.3 is 15.1 Å². The predicted molar refractivity (Wildman–Crippen MR) is 113 cm³/mol. The number of anilines is 2. The first kappa shape index (κ1) is 18.7. The fourth-order valence-electron chi connectivity index (χ4n) is 4.19. The van der Waals surface area contributed by atoms with Crippen molar-refractivity contribution in [3.05, 3.63) is 54.7 Å². The lowest BCUT2D eigenvalue weighted by atomic mass is 9.97. The number of piperazine rings is 1. The number of hydrogen-bond acceptors (Lipinski definition) is 4. The lowest BCUT2D eigenvalue weighted by molar-refractivity contribution is 0.143. The van der Waals surface area contributed by atoms with Gasteiger partial charge in [0.1, 0.15) is 5.82 Å². The minimum atomic E-state index is 0.0240. The number of urea groups is 1. The SMILES string of the molecule is O=C(Nc1ccccc1)N1CCC[C@@H](CN2CCN(c3ccccn3)CC2)C1. The number of nitrogens with zero attached hydrogens (tertiary/aromatic N) is 4. The molecule has 1 aromatic heterocycles. The Kier molecular flexibility index (Phi) is 6.07. The summed E-state index contributed by atoms with van der Waals surface area (Å²) in [6.45, 7) is 6.92. The summed E-state index contributed by atoms with van der Waals surface area (Å²) in [5, 5.41) is 3.02. The molecule has 0 aliphatic carbocycles.